The third-order valence-electron chi connectivity index (χ3n) is 5.83. The van der Waals surface area contributed by atoms with Crippen LogP contribution in [0.3, 0.4) is 0 Å². The molecule has 1 N–H and O–H groups in total. The lowest BCUT2D eigenvalue weighted by atomic mass is 10.0. The first-order valence-corrected chi connectivity index (χ1v) is 11.1. The van der Waals surface area contributed by atoms with E-state index < -0.39 is 5.54 Å². The predicted octanol–water partition coefficient (Wildman–Crippen LogP) is 4.08. The Balaban J connectivity index is 1.50. The van der Waals surface area contributed by atoms with Crippen LogP contribution in [0.15, 0.2) is 67.0 Å². The van der Waals surface area contributed by atoms with Gasteiger partial charge in [0.25, 0.3) is 5.91 Å². The van der Waals surface area contributed by atoms with E-state index in [1.54, 1.807) is 61.5 Å². The van der Waals surface area contributed by atoms with Crippen LogP contribution in [-0.4, -0.2) is 38.8 Å². The minimum Gasteiger partial charge on any atom is -0.338 e. The van der Waals surface area contributed by atoms with Crippen molar-refractivity contribution in [3.05, 3.63) is 95.3 Å². The molecule has 33 heavy (non-hydrogen) atoms. The molecule has 3 aromatic rings. The Kier molecular flexibility index (Phi) is 6.49. The first kappa shape index (κ1) is 22.6. The van der Waals surface area contributed by atoms with Gasteiger partial charge in [-0.1, -0.05) is 30.3 Å². The highest BCUT2D eigenvalue weighted by atomic mass is 19.1. The highest BCUT2D eigenvalue weighted by molar-refractivity contribution is 5.99. The third-order valence-corrected chi connectivity index (χ3v) is 5.83. The second kappa shape index (κ2) is 9.48. The Labute approximate surface area is 192 Å². The third kappa shape index (κ3) is 5.25. The SMILES string of the molecule is CC(C)(NC(=O)c1ccccc1)C(=O)N1CCC[C@H]1c1cncc(Cc2cccc(F)c2)n1. The molecule has 2 aromatic carbocycles. The normalized spacial score (nSPS) is 16.0. The maximum atomic E-state index is 13.5. The molecule has 0 radical (unpaired) electrons. The first-order valence-electron chi connectivity index (χ1n) is 11.1. The number of rotatable bonds is 6. The summed E-state index contributed by atoms with van der Waals surface area (Å²) in [6.07, 6.45) is 5.42. The lowest BCUT2D eigenvalue weighted by molar-refractivity contribution is -0.137. The van der Waals surface area contributed by atoms with Gasteiger partial charge in [-0.3, -0.25) is 19.6 Å². The van der Waals surface area contributed by atoms with Crippen molar-refractivity contribution in [1.82, 2.24) is 20.2 Å². The molecular formula is C26H27FN4O2. The minimum atomic E-state index is -1.08. The number of likely N-dealkylation sites (tertiary alicyclic amines) is 1. The molecule has 4 rings (SSSR count). The largest absolute Gasteiger partial charge is 0.338 e. The minimum absolute atomic E-state index is 0.161. The Morgan fingerprint density at radius 3 is 2.67 bits per heavy atom. The number of halogens is 1. The molecule has 0 unspecified atom stereocenters. The molecule has 1 aromatic heterocycles. The fourth-order valence-electron chi connectivity index (χ4n) is 4.20. The van der Waals surface area contributed by atoms with Crippen LogP contribution in [0.1, 0.15) is 60.0 Å². The van der Waals surface area contributed by atoms with Crippen molar-refractivity contribution in [2.45, 2.75) is 44.7 Å². The van der Waals surface area contributed by atoms with E-state index in [4.69, 9.17) is 4.98 Å². The van der Waals surface area contributed by atoms with Gasteiger partial charge >= 0.3 is 0 Å². The molecule has 1 fully saturated rings. The van der Waals surface area contributed by atoms with Gasteiger partial charge in [0, 0.05) is 24.7 Å². The summed E-state index contributed by atoms with van der Waals surface area (Å²) in [5.74, 6) is -0.739. The average Bonchev–Trinajstić information content (AvgIpc) is 3.29. The monoisotopic (exact) mass is 446 g/mol. The number of amides is 2. The molecule has 2 heterocycles. The van der Waals surface area contributed by atoms with Crippen LogP contribution in [0.4, 0.5) is 4.39 Å². The van der Waals surface area contributed by atoms with Crippen molar-refractivity contribution in [2.75, 3.05) is 6.54 Å². The van der Waals surface area contributed by atoms with E-state index in [2.05, 4.69) is 10.3 Å². The summed E-state index contributed by atoms with van der Waals surface area (Å²) in [6, 6.07) is 15.0. The van der Waals surface area contributed by atoms with Gasteiger partial charge in [0.05, 0.1) is 23.6 Å². The van der Waals surface area contributed by atoms with Crippen LogP contribution in [0, 0.1) is 5.82 Å². The zero-order chi connectivity index (χ0) is 23.4. The van der Waals surface area contributed by atoms with Crippen LogP contribution in [0.25, 0.3) is 0 Å². The van der Waals surface area contributed by atoms with Gasteiger partial charge in [-0.25, -0.2) is 4.39 Å². The number of hydrogen-bond acceptors (Lipinski definition) is 4. The topological polar surface area (TPSA) is 75.2 Å². The smallest absolute Gasteiger partial charge is 0.252 e. The van der Waals surface area contributed by atoms with Crippen LogP contribution < -0.4 is 5.32 Å². The van der Waals surface area contributed by atoms with E-state index in [9.17, 15) is 14.0 Å². The van der Waals surface area contributed by atoms with Crippen molar-refractivity contribution >= 4 is 11.8 Å². The molecule has 6 nitrogen and oxygen atoms in total. The number of carbonyl (C=O) groups excluding carboxylic acids is 2. The number of hydrogen-bond donors (Lipinski definition) is 1. The van der Waals surface area contributed by atoms with Gasteiger partial charge in [-0.15, -0.1) is 0 Å². The summed E-state index contributed by atoms with van der Waals surface area (Å²) in [5, 5.41) is 2.87. The second-order valence-electron chi connectivity index (χ2n) is 8.84. The Morgan fingerprint density at radius 1 is 1.12 bits per heavy atom. The van der Waals surface area contributed by atoms with Crippen molar-refractivity contribution in [1.29, 1.82) is 0 Å². The predicted molar refractivity (Wildman–Crippen MR) is 123 cm³/mol. The van der Waals surface area contributed by atoms with Gasteiger partial charge in [0.2, 0.25) is 5.91 Å². The molecule has 1 atom stereocenters. The molecule has 2 amide bonds. The van der Waals surface area contributed by atoms with E-state index in [1.807, 2.05) is 12.1 Å². The number of nitrogens with one attached hydrogen (secondary N) is 1. The van der Waals surface area contributed by atoms with Gasteiger partial charge in [0.15, 0.2) is 0 Å². The van der Waals surface area contributed by atoms with E-state index in [0.717, 1.165) is 18.4 Å². The molecule has 1 aliphatic heterocycles. The standard InChI is InChI=1S/C26H27FN4O2/c1-26(2,30-24(32)19-9-4-3-5-10-19)25(33)31-13-7-12-23(31)22-17-28-16-21(29-22)15-18-8-6-11-20(27)14-18/h3-6,8-11,14,16-17,23H,7,12-13,15H2,1-2H3,(H,30,32)/t23-/m0/s1. The summed E-state index contributed by atoms with van der Waals surface area (Å²) in [5.41, 5.74) is 1.66. The summed E-state index contributed by atoms with van der Waals surface area (Å²) >= 11 is 0. The molecule has 1 saturated heterocycles. The number of aromatic nitrogens is 2. The molecule has 0 saturated carbocycles. The fraction of sp³-hybridized carbons (Fsp3) is 0.308. The maximum absolute atomic E-state index is 13.5. The van der Waals surface area contributed by atoms with Crippen LogP contribution in [-0.2, 0) is 11.2 Å². The Morgan fingerprint density at radius 2 is 1.91 bits per heavy atom. The molecule has 0 spiro atoms. The second-order valence-corrected chi connectivity index (χ2v) is 8.84. The average molecular weight is 447 g/mol. The quantitative estimate of drug-likeness (QED) is 0.619. The molecule has 0 bridgehead atoms. The highest BCUT2D eigenvalue weighted by Gasteiger charge is 2.40. The van der Waals surface area contributed by atoms with Crippen molar-refractivity contribution in [3.8, 4) is 0 Å². The van der Waals surface area contributed by atoms with Crippen molar-refractivity contribution < 1.29 is 14.0 Å². The lowest BCUT2D eigenvalue weighted by Crippen LogP contribution is -2.55. The summed E-state index contributed by atoms with van der Waals surface area (Å²) < 4.78 is 13.5. The van der Waals surface area contributed by atoms with Crippen LogP contribution in [0.5, 0.6) is 0 Å². The van der Waals surface area contributed by atoms with E-state index in [0.29, 0.717) is 29.9 Å². The Bertz CT molecular complexity index is 1150. The van der Waals surface area contributed by atoms with Gasteiger partial charge < -0.3 is 10.2 Å². The summed E-state index contributed by atoms with van der Waals surface area (Å²) in [7, 11) is 0. The molecule has 7 heteroatoms. The fourth-order valence-corrected chi connectivity index (χ4v) is 4.20. The molecular weight excluding hydrogens is 419 g/mol. The zero-order valence-corrected chi connectivity index (χ0v) is 18.8. The Hall–Kier alpha value is -3.61. The van der Waals surface area contributed by atoms with Gasteiger partial charge in [-0.2, -0.15) is 0 Å². The van der Waals surface area contributed by atoms with E-state index in [1.165, 1.54) is 12.1 Å². The molecule has 170 valence electrons. The van der Waals surface area contributed by atoms with Crippen LogP contribution in [0.2, 0.25) is 0 Å². The number of benzene rings is 2. The number of carbonyl (C=O) groups is 2. The number of nitrogens with zero attached hydrogens (tertiary/aromatic N) is 3. The first-order chi connectivity index (χ1) is 15.8. The van der Waals surface area contributed by atoms with Crippen molar-refractivity contribution in [3.63, 3.8) is 0 Å². The maximum Gasteiger partial charge on any atom is 0.252 e. The molecule has 0 aliphatic carbocycles. The van der Waals surface area contributed by atoms with Gasteiger partial charge in [-0.05, 0) is 56.5 Å². The van der Waals surface area contributed by atoms with Gasteiger partial charge in [0.1, 0.15) is 11.4 Å². The van der Waals surface area contributed by atoms with E-state index >= 15 is 0 Å². The zero-order valence-electron chi connectivity index (χ0n) is 18.8. The summed E-state index contributed by atoms with van der Waals surface area (Å²) in [6.45, 7) is 4.03. The highest BCUT2D eigenvalue weighted by Crippen LogP contribution is 2.32. The summed E-state index contributed by atoms with van der Waals surface area (Å²) in [4.78, 5) is 36.9. The van der Waals surface area contributed by atoms with E-state index in [-0.39, 0.29) is 23.7 Å². The van der Waals surface area contributed by atoms with Crippen LogP contribution >= 0.6 is 0 Å². The van der Waals surface area contributed by atoms with Crippen molar-refractivity contribution in [2.24, 2.45) is 0 Å². The molecule has 1 aliphatic rings. The lowest BCUT2D eigenvalue weighted by Gasteiger charge is -2.33.